The zero-order chi connectivity index (χ0) is 27.7. The Morgan fingerprint density at radius 3 is 1.80 bits per heavy atom. The number of halogens is 6. The number of carbonyl (C=O) groups is 3. The third-order valence-electron chi connectivity index (χ3n) is 4.24. The highest BCUT2D eigenvalue weighted by molar-refractivity contribution is 5.99. The van der Waals surface area contributed by atoms with E-state index >= 15 is 0 Å². The van der Waals surface area contributed by atoms with Gasteiger partial charge in [-0.15, -0.1) is 0 Å². The quantitative estimate of drug-likeness (QED) is 0.522. The molecule has 0 fully saturated rings. The van der Waals surface area contributed by atoms with Crippen molar-refractivity contribution in [2.24, 2.45) is 0 Å². The minimum atomic E-state index is -5.08. The van der Waals surface area contributed by atoms with E-state index in [4.69, 9.17) is 24.8 Å². The maximum atomic E-state index is 12.4. The minimum absolute atomic E-state index is 0.0402. The van der Waals surface area contributed by atoms with E-state index in [0.29, 0.717) is 5.56 Å². The van der Waals surface area contributed by atoms with Gasteiger partial charge in [-0.2, -0.15) is 26.3 Å². The third kappa shape index (κ3) is 11.7. The smallest absolute Gasteiger partial charge is 0.475 e. The maximum absolute atomic E-state index is 12.4. The van der Waals surface area contributed by atoms with E-state index in [1.807, 2.05) is 38.9 Å². The Morgan fingerprint density at radius 2 is 1.43 bits per heavy atom. The van der Waals surface area contributed by atoms with Gasteiger partial charge < -0.3 is 25.3 Å². The first-order valence-corrected chi connectivity index (χ1v) is 10.1. The highest BCUT2D eigenvalue weighted by atomic mass is 19.4. The Morgan fingerprint density at radius 1 is 1.00 bits per heavy atom. The maximum Gasteiger partial charge on any atom is 0.490 e. The Balaban J connectivity index is 0.000000680. The lowest BCUT2D eigenvalue weighted by Gasteiger charge is -2.19. The molecule has 1 aromatic heterocycles. The fraction of sp³-hybridized carbons (Fsp3) is 0.600. The Hall–Kier alpha value is -3.10. The molecule has 15 heteroatoms. The van der Waals surface area contributed by atoms with Crippen LogP contribution in [0, 0.1) is 0 Å². The molecule has 0 spiro atoms. The fourth-order valence-electron chi connectivity index (χ4n) is 2.58. The molecule has 2 rings (SSSR count). The molecule has 0 aliphatic carbocycles. The highest BCUT2D eigenvalue weighted by Gasteiger charge is 2.38. The summed E-state index contributed by atoms with van der Waals surface area (Å²) < 4.78 is 63.5. The van der Waals surface area contributed by atoms with Crippen LogP contribution in [0.3, 0.4) is 0 Å². The molecule has 1 aliphatic heterocycles. The molecule has 1 aromatic rings. The number of likely N-dealkylation sites (N-methyl/N-ethyl adjacent to an activating group) is 1. The zero-order valence-corrected chi connectivity index (χ0v) is 19.7. The number of anilines is 1. The van der Waals surface area contributed by atoms with Crippen molar-refractivity contribution in [3.8, 4) is 0 Å². The topological polar surface area (TPSA) is 123 Å². The summed E-state index contributed by atoms with van der Waals surface area (Å²) >= 11 is 0. The van der Waals surface area contributed by atoms with Crippen molar-refractivity contribution in [1.29, 1.82) is 0 Å². The number of pyridine rings is 1. The van der Waals surface area contributed by atoms with Gasteiger partial charge in [-0.25, -0.2) is 14.6 Å². The molecule has 0 aromatic carbocycles. The van der Waals surface area contributed by atoms with Crippen LogP contribution in [0.2, 0.25) is 0 Å². The van der Waals surface area contributed by atoms with Crippen LogP contribution in [0.4, 0.5) is 32.2 Å². The second-order valence-electron chi connectivity index (χ2n) is 7.90. The molecule has 0 atom stereocenters. The van der Waals surface area contributed by atoms with Gasteiger partial charge >= 0.3 is 24.3 Å². The largest absolute Gasteiger partial charge is 0.490 e. The molecule has 0 saturated carbocycles. The minimum Gasteiger partial charge on any atom is -0.475 e. The van der Waals surface area contributed by atoms with Crippen molar-refractivity contribution in [2.75, 3.05) is 39.1 Å². The summed E-state index contributed by atoms with van der Waals surface area (Å²) in [6.45, 7) is 5.98. The number of nitrogens with zero attached hydrogens (tertiary/aromatic N) is 3. The lowest BCUT2D eigenvalue weighted by atomic mass is 10.0. The van der Waals surface area contributed by atoms with Gasteiger partial charge in [-0.05, 0) is 38.9 Å². The first-order chi connectivity index (χ1) is 15.8. The molecule has 1 aliphatic rings. The number of hydrogen-bond acceptors (Lipinski definition) is 6. The van der Waals surface area contributed by atoms with Crippen LogP contribution in [0.25, 0.3) is 0 Å². The summed E-state index contributed by atoms with van der Waals surface area (Å²) in [5.41, 5.74) is 3.01. The number of carboxylic acid groups (broad SMARTS) is 2. The van der Waals surface area contributed by atoms with Crippen LogP contribution >= 0.6 is 0 Å². The van der Waals surface area contributed by atoms with E-state index in [9.17, 15) is 31.1 Å². The van der Waals surface area contributed by atoms with Crippen molar-refractivity contribution in [2.45, 2.75) is 45.1 Å². The summed E-state index contributed by atoms with van der Waals surface area (Å²) in [6.07, 6.45) is -8.27. The number of alkyl halides is 6. The number of rotatable bonds is 3. The third-order valence-corrected chi connectivity index (χ3v) is 4.24. The van der Waals surface area contributed by atoms with Gasteiger partial charge in [0.1, 0.15) is 5.82 Å². The van der Waals surface area contributed by atoms with Crippen molar-refractivity contribution >= 4 is 23.7 Å². The molecular weight excluding hydrogens is 490 g/mol. The molecule has 0 saturated heterocycles. The van der Waals surface area contributed by atoms with Crippen LogP contribution in [-0.4, -0.2) is 90.6 Å². The Kier molecular flexibility index (Phi) is 12.0. The first kappa shape index (κ1) is 31.9. The second-order valence-corrected chi connectivity index (χ2v) is 7.90. The molecule has 0 bridgehead atoms. The number of aromatic nitrogens is 1. The number of nitrogens with one attached hydrogen (secondary N) is 1. The van der Waals surface area contributed by atoms with Crippen molar-refractivity contribution in [3.63, 3.8) is 0 Å². The summed E-state index contributed by atoms with van der Waals surface area (Å²) in [5, 5.41) is 17.2. The van der Waals surface area contributed by atoms with Crippen molar-refractivity contribution < 1.29 is 50.9 Å². The summed E-state index contributed by atoms with van der Waals surface area (Å²) in [6, 6.07) is 2.16. The predicted octanol–water partition coefficient (Wildman–Crippen LogP) is 2.58. The standard InChI is InChI=1S/C16H26N4O.2C2HF3O2/c1-11(2)17-16(21)13-10-12-6-8-20(5)9-7-14(12)18-15(13)19(3)4;2*3-2(4,5)1(6)7/h10-11H,6-9H2,1-5H3,(H,17,21);2*(H,6,7). The molecule has 9 nitrogen and oxygen atoms in total. The average molecular weight is 518 g/mol. The summed E-state index contributed by atoms with van der Waals surface area (Å²) in [7, 11) is 6.00. The molecule has 1 amide bonds. The molecule has 3 N–H and O–H groups in total. The summed E-state index contributed by atoms with van der Waals surface area (Å²) in [4.78, 5) is 39.2. The Labute approximate surface area is 197 Å². The number of amides is 1. The molecular formula is C20H28F6N4O5. The SMILES string of the molecule is CC(C)NC(=O)c1cc2c(nc1N(C)C)CCN(C)CC2.O=C(O)C(F)(F)F.O=C(O)C(F)(F)F. The molecule has 200 valence electrons. The monoisotopic (exact) mass is 518 g/mol. The lowest BCUT2D eigenvalue weighted by Crippen LogP contribution is -2.32. The molecule has 35 heavy (non-hydrogen) atoms. The normalized spacial score (nSPS) is 13.8. The Bertz CT molecular complexity index is 864. The van der Waals surface area contributed by atoms with Crippen LogP contribution < -0.4 is 10.2 Å². The predicted molar refractivity (Wildman–Crippen MR) is 113 cm³/mol. The van der Waals surface area contributed by atoms with Gasteiger partial charge in [-0.1, -0.05) is 0 Å². The van der Waals surface area contributed by atoms with E-state index in [-0.39, 0.29) is 11.9 Å². The molecule has 2 heterocycles. The van der Waals surface area contributed by atoms with Gasteiger partial charge in [-0.3, -0.25) is 4.79 Å². The number of fused-ring (bicyclic) bond motifs is 1. The lowest BCUT2D eigenvalue weighted by molar-refractivity contribution is -0.193. The van der Waals surface area contributed by atoms with Crippen LogP contribution in [0.15, 0.2) is 6.07 Å². The van der Waals surface area contributed by atoms with E-state index in [0.717, 1.165) is 37.4 Å². The number of carbonyl (C=O) groups excluding carboxylic acids is 1. The van der Waals surface area contributed by atoms with Gasteiger partial charge in [0.15, 0.2) is 0 Å². The van der Waals surface area contributed by atoms with Crippen molar-refractivity contribution in [3.05, 3.63) is 22.9 Å². The van der Waals surface area contributed by atoms with E-state index in [1.54, 1.807) is 0 Å². The number of carboxylic acids is 2. The zero-order valence-electron chi connectivity index (χ0n) is 19.7. The average Bonchev–Trinajstić information content (AvgIpc) is 2.87. The number of aliphatic carboxylic acids is 2. The molecule has 0 radical (unpaired) electrons. The van der Waals surface area contributed by atoms with Gasteiger partial charge in [0.2, 0.25) is 0 Å². The van der Waals surface area contributed by atoms with Gasteiger partial charge in [0.05, 0.1) is 5.56 Å². The number of hydrogen-bond donors (Lipinski definition) is 3. The van der Waals surface area contributed by atoms with Crippen molar-refractivity contribution in [1.82, 2.24) is 15.2 Å². The van der Waals surface area contributed by atoms with Gasteiger partial charge in [0, 0.05) is 45.3 Å². The second kappa shape index (κ2) is 13.1. The summed E-state index contributed by atoms with van der Waals surface area (Å²) in [5.74, 6) is -4.79. The van der Waals surface area contributed by atoms with E-state index in [2.05, 4.69) is 17.3 Å². The highest BCUT2D eigenvalue weighted by Crippen LogP contribution is 2.23. The van der Waals surface area contributed by atoms with Crippen LogP contribution in [-0.2, 0) is 22.4 Å². The first-order valence-electron chi connectivity index (χ1n) is 10.1. The van der Waals surface area contributed by atoms with Crippen LogP contribution in [0.1, 0.15) is 35.5 Å². The fourth-order valence-corrected chi connectivity index (χ4v) is 2.58. The van der Waals surface area contributed by atoms with Crippen LogP contribution in [0.5, 0.6) is 0 Å². The van der Waals surface area contributed by atoms with Gasteiger partial charge in [0.25, 0.3) is 5.91 Å². The van der Waals surface area contributed by atoms with E-state index in [1.165, 1.54) is 5.56 Å². The molecule has 0 unspecified atom stereocenters. The van der Waals surface area contributed by atoms with E-state index < -0.39 is 24.3 Å².